The highest BCUT2D eigenvalue weighted by molar-refractivity contribution is 5.92. The van der Waals surface area contributed by atoms with E-state index in [4.69, 9.17) is 10.00 Å². The quantitative estimate of drug-likeness (QED) is 0.911. The highest BCUT2D eigenvalue weighted by Gasteiger charge is 2.23. The predicted octanol–water partition coefficient (Wildman–Crippen LogP) is 2.01. The van der Waals surface area contributed by atoms with E-state index in [-0.39, 0.29) is 18.5 Å². The number of carbonyl (C=O) groups is 1. The van der Waals surface area contributed by atoms with Gasteiger partial charge in [-0.1, -0.05) is 0 Å². The highest BCUT2D eigenvalue weighted by atomic mass is 16.5. The number of rotatable bonds is 4. The Morgan fingerprint density at radius 3 is 2.85 bits per heavy atom. The molecule has 1 atom stereocenters. The third-order valence-corrected chi connectivity index (χ3v) is 3.48. The topological polar surface area (TPSA) is 65.4 Å². The molecule has 20 heavy (non-hydrogen) atoms. The van der Waals surface area contributed by atoms with Gasteiger partial charge in [-0.15, -0.1) is 0 Å². The number of hydrogen-bond donors (Lipinski definition) is 1. The lowest BCUT2D eigenvalue weighted by molar-refractivity contribution is -0.117. The number of carbonyl (C=O) groups excluding carboxylic acids is 1. The fourth-order valence-electron chi connectivity index (χ4n) is 2.39. The Morgan fingerprint density at radius 2 is 2.20 bits per heavy atom. The number of likely N-dealkylation sites (tertiary alicyclic amines) is 1. The zero-order chi connectivity index (χ0) is 14.4. The molecule has 1 aliphatic rings. The minimum absolute atomic E-state index is 0.0858. The summed E-state index contributed by atoms with van der Waals surface area (Å²) in [7, 11) is 1.60. The van der Waals surface area contributed by atoms with Crippen LogP contribution in [0.15, 0.2) is 24.3 Å². The van der Waals surface area contributed by atoms with Gasteiger partial charge in [0.05, 0.1) is 25.8 Å². The molecule has 1 saturated heterocycles. The van der Waals surface area contributed by atoms with Gasteiger partial charge in [0.1, 0.15) is 5.75 Å². The molecule has 0 aliphatic carbocycles. The average molecular weight is 273 g/mol. The number of nitriles is 1. The van der Waals surface area contributed by atoms with Crippen molar-refractivity contribution in [3.05, 3.63) is 24.3 Å². The van der Waals surface area contributed by atoms with Crippen molar-refractivity contribution >= 4 is 11.6 Å². The minimum atomic E-state index is -0.134. The van der Waals surface area contributed by atoms with Gasteiger partial charge in [0.2, 0.25) is 5.91 Å². The van der Waals surface area contributed by atoms with Crippen LogP contribution in [0.1, 0.15) is 19.3 Å². The maximum Gasteiger partial charge on any atom is 0.238 e. The van der Waals surface area contributed by atoms with E-state index in [1.165, 1.54) is 0 Å². The average Bonchev–Trinajstić information content (AvgIpc) is 2.48. The summed E-state index contributed by atoms with van der Waals surface area (Å²) in [4.78, 5) is 13.9. The second-order valence-corrected chi connectivity index (χ2v) is 4.89. The predicted molar refractivity (Wildman–Crippen MR) is 76.4 cm³/mol. The van der Waals surface area contributed by atoms with Crippen molar-refractivity contribution in [3.8, 4) is 11.8 Å². The van der Waals surface area contributed by atoms with E-state index >= 15 is 0 Å². The van der Waals surface area contributed by atoms with Gasteiger partial charge in [0.25, 0.3) is 0 Å². The lowest BCUT2D eigenvalue weighted by Gasteiger charge is -2.30. The van der Waals surface area contributed by atoms with Gasteiger partial charge >= 0.3 is 0 Å². The Bertz CT molecular complexity index is 493. The molecule has 0 bridgehead atoms. The molecule has 5 heteroatoms. The van der Waals surface area contributed by atoms with Gasteiger partial charge in [0, 0.05) is 5.69 Å². The Morgan fingerprint density at radius 1 is 1.45 bits per heavy atom. The number of methoxy groups -OCH3 is 1. The Balaban J connectivity index is 1.89. The van der Waals surface area contributed by atoms with Crippen LogP contribution in [0.3, 0.4) is 0 Å². The van der Waals surface area contributed by atoms with Crippen LogP contribution in [0.2, 0.25) is 0 Å². The van der Waals surface area contributed by atoms with Crippen LogP contribution >= 0.6 is 0 Å². The number of ether oxygens (including phenoxy) is 1. The molecule has 0 aromatic heterocycles. The lowest BCUT2D eigenvalue weighted by atomic mass is 10.0. The molecule has 1 aromatic carbocycles. The summed E-state index contributed by atoms with van der Waals surface area (Å²) in [5, 5.41) is 11.9. The van der Waals surface area contributed by atoms with Crippen molar-refractivity contribution in [3.63, 3.8) is 0 Å². The zero-order valence-electron chi connectivity index (χ0n) is 11.6. The van der Waals surface area contributed by atoms with Gasteiger partial charge in [0.15, 0.2) is 0 Å². The first-order valence-corrected chi connectivity index (χ1v) is 6.80. The van der Waals surface area contributed by atoms with E-state index in [0.29, 0.717) is 0 Å². The summed E-state index contributed by atoms with van der Waals surface area (Å²) in [5.74, 6) is 0.667. The van der Waals surface area contributed by atoms with Gasteiger partial charge < -0.3 is 10.1 Å². The Kier molecular flexibility index (Phi) is 4.97. The zero-order valence-corrected chi connectivity index (χ0v) is 11.6. The van der Waals surface area contributed by atoms with Crippen LogP contribution in [0.25, 0.3) is 0 Å². The normalized spacial score (nSPS) is 19.1. The van der Waals surface area contributed by atoms with Gasteiger partial charge in [-0.3, -0.25) is 9.69 Å². The molecule has 1 N–H and O–H groups in total. The number of anilines is 1. The number of amides is 1. The maximum atomic E-state index is 12.0. The van der Waals surface area contributed by atoms with E-state index in [9.17, 15) is 4.79 Å². The molecule has 0 saturated carbocycles. The van der Waals surface area contributed by atoms with E-state index < -0.39 is 0 Å². The van der Waals surface area contributed by atoms with Crippen LogP contribution in [0.5, 0.6) is 5.75 Å². The SMILES string of the molecule is COc1ccc(NC(=O)CN2CCCCC2C#N)cc1. The Labute approximate surface area is 119 Å². The fourth-order valence-corrected chi connectivity index (χ4v) is 2.39. The van der Waals surface area contributed by atoms with Crippen molar-refractivity contribution < 1.29 is 9.53 Å². The van der Waals surface area contributed by atoms with Crippen LogP contribution in [-0.2, 0) is 4.79 Å². The van der Waals surface area contributed by atoms with E-state index in [1.807, 2.05) is 4.90 Å². The monoisotopic (exact) mass is 273 g/mol. The van der Waals surface area contributed by atoms with Gasteiger partial charge in [-0.25, -0.2) is 0 Å². The van der Waals surface area contributed by atoms with Crippen molar-refractivity contribution in [2.75, 3.05) is 25.5 Å². The van der Waals surface area contributed by atoms with Crippen molar-refractivity contribution in [1.29, 1.82) is 5.26 Å². The molecule has 0 spiro atoms. The molecular weight excluding hydrogens is 254 g/mol. The molecule has 2 rings (SSSR count). The van der Waals surface area contributed by atoms with Crippen LogP contribution in [0.4, 0.5) is 5.69 Å². The van der Waals surface area contributed by atoms with Crippen molar-refractivity contribution in [2.45, 2.75) is 25.3 Å². The van der Waals surface area contributed by atoms with E-state index in [2.05, 4.69) is 11.4 Å². The summed E-state index contributed by atoms with van der Waals surface area (Å²) in [6, 6.07) is 9.33. The molecule has 1 aliphatic heterocycles. The summed E-state index contributed by atoms with van der Waals surface area (Å²) >= 11 is 0. The molecule has 1 unspecified atom stereocenters. The Hall–Kier alpha value is -2.06. The van der Waals surface area contributed by atoms with Crippen molar-refractivity contribution in [2.24, 2.45) is 0 Å². The summed E-state index contributed by atoms with van der Waals surface area (Å²) < 4.78 is 5.07. The second-order valence-electron chi connectivity index (χ2n) is 4.89. The smallest absolute Gasteiger partial charge is 0.238 e. The van der Waals surface area contributed by atoms with Crippen LogP contribution in [0, 0.1) is 11.3 Å². The van der Waals surface area contributed by atoms with E-state index in [1.54, 1.807) is 31.4 Å². The first-order valence-electron chi connectivity index (χ1n) is 6.80. The molecule has 1 aromatic rings. The number of benzene rings is 1. The fraction of sp³-hybridized carbons (Fsp3) is 0.467. The minimum Gasteiger partial charge on any atom is -0.497 e. The molecular formula is C15H19N3O2. The number of hydrogen-bond acceptors (Lipinski definition) is 4. The summed E-state index contributed by atoms with van der Waals surface area (Å²) in [6.07, 6.45) is 2.97. The largest absolute Gasteiger partial charge is 0.497 e. The first-order chi connectivity index (χ1) is 9.72. The molecule has 1 heterocycles. The second kappa shape index (κ2) is 6.92. The third-order valence-electron chi connectivity index (χ3n) is 3.48. The molecule has 1 amide bonds. The third kappa shape index (κ3) is 3.72. The molecule has 106 valence electrons. The molecule has 1 fully saturated rings. The number of nitrogens with zero attached hydrogens (tertiary/aromatic N) is 2. The van der Waals surface area contributed by atoms with Gasteiger partial charge in [-0.05, 0) is 50.1 Å². The lowest BCUT2D eigenvalue weighted by Crippen LogP contribution is -2.43. The highest BCUT2D eigenvalue weighted by Crippen LogP contribution is 2.17. The molecule has 5 nitrogen and oxygen atoms in total. The number of nitrogens with one attached hydrogen (secondary N) is 1. The number of piperidine rings is 1. The standard InChI is InChI=1S/C15H19N3O2/c1-20-14-7-5-12(6-8-14)17-15(19)11-18-9-3-2-4-13(18)10-16/h5-8,13H,2-4,9,11H2,1H3,(H,17,19). The van der Waals surface area contributed by atoms with Crippen molar-refractivity contribution in [1.82, 2.24) is 4.90 Å². The van der Waals surface area contributed by atoms with Crippen LogP contribution < -0.4 is 10.1 Å². The van der Waals surface area contributed by atoms with Gasteiger partial charge in [-0.2, -0.15) is 5.26 Å². The van der Waals surface area contributed by atoms with Crippen LogP contribution in [-0.4, -0.2) is 37.0 Å². The summed E-state index contributed by atoms with van der Waals surface area (Å²) in [6.45, 7) is 1.08. The maximum absolute atomic E-state index is 12.0. The molecule has 0 radical (unpaired) electrons. The van der Waals surface area contributed by atoms with E-state index in [0.717, 1.165) is 37.2 Å². The summed E-state index contributed by atoms with van der Waals surface area (Å²) in [5.41, 5.74) is 0.737. The first kappa shape index (κ1) is 14.4.